The van der Waals surface area contributed by atoms with Gasteiger partial charge < -0.3 is 23.7 Å². The molecule has 1 aromatic rings. The highest BCUT2D eigenvalue weighted by Gasteiger charge is 2.03. The lowest BCUT2D eigenvalue weighted by Crippen LogP contribution is -2.16. The maximum absolute atomic E-state index is 11.4. The molecule has 0 saturated carbocycles. The minimum atomic E-state index is -0.383. The highest BCUT2D eigenvalue weighted by molar-refractivity contribution is 5.70. The van der Waals surface area contributed by atoms with Crippen molar-refractivity contribution >= 4 is 5.97 Å². The topological polar surface area (TPSA) is 63.2 Å². The predicted molar refractivity (Wildman–Crippen MR) is 80.6 cm³/mol. The maximum atomic E-state index is 11.4. The van der Waals surface area contributed by atoms with Gasteiger partial charge >= 0.3 is 5.97 Å². The first kappa shape index (κ1) is 18.6. The third-order valence-electron chi connectivity index (χ3n) is 2.64. The van der Waals surface area contributed by atoms with Crippen LogP contribution in [-0.2, 0) is 35.1 Å². The molecule has 0 radical (unpaired) electrons. The molecule has 0 aromatic heterocycles. The zero-order valence-electron chi connectivity index (χ0n) is 13.0. The summed E-state index contributed by atoms with van der Waals surface area (Å²) in [6.07, 6.45) is 0. The van der Waals surface area contributed by atoms with Gasteiger partial charge in [-0.15, -0.1) is 0 Å². The lowest BCUT2D eigenvalue weighted by Gasteiger charge is -2.07. The van der Waals surface area contributed by atoms with Gasteiger partial charge in [0.1, 0.15) is 13.2 Å². The molecule has 6 nitrogen and oxygen atoms in total. The highest BCUT2D eigenvalue weighted by Crippen LogP contribution is 2.00. The van der Waals surface area contributed by atoms with Crippen molar-refractivity contribution in [3.05, 3.63) is 35.9 Å². The second kappa shape index (κ2) is 13.2. The van der Waals surface area contributed by atoms with Gasteiger partial charge in [-0.25, -0.2) is 4.79 Å². The monoisotopic (exact) mass is 312 g/mol. The lowest BCUT2D eigenvalue weighted by atomic mass is 10.2. The summed E-state index contributed by atoms with van der Waals surface area (Å²) in [5, 5.41) is 0. The van der Waals surface area contributed by atoms with Crippen LogP contribution in [-0.4, -0.2) is 59.3 Å². The van der Waals surface area contributed by atoms with Crippen LogP contribution in [0.5, 0.6) is 0 Å². The van der Waals surface area contributed by atoms with Gasteiger partial charge in [0.15, 0.2) is 0 Å². The molecule has 22 heavy (non-hydrogen) atoms. The van der Waals surface area contributed by atoms with Crippen LogP contribution >= 0.6 is 0 Å². The van der Waals surface area contributed by atoms with Crippen molar-refractivity contribution in [3.8, 4) is 0 Å². The molecule has 0 bridgehead atoms. The SMILES string of the molecule is COCCOCCOCCOCC(=O)OCc1ccccc1. The summed E-state index contributed by atoms with van der Waals surface area (Å²) >= 11 is 0. The van der Waals surface area contributed by atoms with E-state index in [4.69, 9.17) is 23.7 Å². The summed E-state index contributed by atoms with van der Waals surface area (Å²) in [6, 6.07) is 9.51. The zero-order valence-corrected chi connectivity index (χ0v) is 13.0. The van der Waals surface area contributed by atoms with Crippen molar-refractivity contribution < 1.29 is 28.5 Å². The Morgan fingerprint density at radius 1 is 0.864 bits per heavy atom. The quantitative estimate of drug-likeness (QED) is 0.405. The number of methoxy groups -OCH3 is 1. The number of rotatable bonds is 13. The molecule has 0 saturated heterocycles. The van der Waals surface area contributed by atoms with E-state index in [-0.39, 0.29) is 19.2 Å². The molecule has 0 N–H and O–H groups in total. The largest absolute Gasteiger partial charge is 0.459 e. The van der Waals surface area contributed by atoms with Crippen LogP contribution in [0, 0.1) is 0 Å². The maximum Gasteiger partial charge on any atom is 0.332 e. The van der Waals surface area contributed by atoms with E-state index >= 15 is 0 Å². The molecule has 0 aliphatic heterocycles. The first-order chi connectivity index (χ1) is 10.8. The van der Waals surface area contributed by atoms with Gasteiger partial charge in [-0.05, 0) is 5.56 Å². The summed E-state index contributed by atoms with van der Waals surface area (Å²) < 4.78 is 25.6. The van der Waals surface area contributed by atoms with E-state index in [9.17, 15) is 4.79 Å². The summed E-state index contributed by atoms with van der Waals surface area (Å²) in [6.45, 7) is 3.10. The first-order valence-electron chi connectivity index (χ1n) is 7.24. The number of hydrogen-bond donors (Lipinski definition) is 0. The summed E-state index contributed by atoms with van der Waals surface area (Å²) in [7, 11) is 1.63. The summed E-state index contributed by atoms with van der Waals surface area (Å²) in [5.74, 6) is -0.383. The number of ether oxygens (including phenoxy) is 5. The summed E-state index contributed by atoms with van der Waals surface area (Å²) in [5.41, 5.74) is 0.952. The van der Waals surface area contributed by atoms with Crippen LogP contribution in [0.15, 0.2) is 30.3 Å². The number of hydrogen-bond acceptors (Lipinski definition) is 6. The van der Waals surface area contributed by atoms with E-state index in [0.29, 0.717) is 39.6 Å². The van der Waals surface area contributed by atoms with E-state index in [0.717, 1.165) is 5.56 Å². The van der Waals surface area contributed by atoms with Crippen molar-refractivity contribution in [2.75, 3.05) is 53.4 Å². The third-order valence-corrected chi connectivity index (χ3v) is 2.64. The van der Waals surface area contributed by atoms with Gasteiger partial charge in [0, 0.05) is 7.11 Å². The zero-order chi connectivity index (χ0) is 15.9. The molecule has 0 atom stereocenters. The van der Waals surface area contributed by atoms with Gasteiger partial charge in [-0.1, -0.05) is 30.3 Å². The molecule has 0 spiro atoms. The Kier molecular flexibility index (Phi) is 11.2. The molecule has 0 unspecified atom stereocenters. The van der Waals surface area contributed by atoms with Crippen LogP contribution in [0.1, 0.15) is 5.56 Å². The normalized spacial score (nSPS) is 10.6. The molecule has 0 amide bonds. The van der Waals surface area contributed by atoms with E-state index in [1.165, 1.54) is 0 Å². The Morgan fingerprint density at radius 3 is 2.09 bits per heavy atom. The van der Waals surface area contributed by atoms with E-state index in [1.54, 1.807) is 7.11 Å². The molecule has 0 fully saturated rings. The molecular formula is C16H24O6. The summed E-state index contributed by atoms with van der Waals surface area (Å²) in [4.78, 5) is 11.4. The lowest BCUT2D eigenvalue weighted by molar-refractivity contribution is -0.150. The average molecular weight is 312 g/mol. The van der Waals surface area contributed by atoms with Crippen molar-refractivity contribution in [2.24, 2.45) is 0 Å². The Morgan fingerprint density at radius 2 is 1.45 bits per heavy atom. The van der Waals surface area contributed by atoms with Crippen LogP contribution in [0.4, 0.5) is 0 Å². The second-order valence-corrected chi connectivity index (χ2v) is 4.42. The molecule has 0 heterocycles. The second-order valence-electron chi connectivity index (χ2n) is 4.42. The molecule has 124 valence electrons. The number of benzene rings is 1. The van der Waals surface area contributed by atoms with E-state index in [2.05, 4.69) is 0 Å². The van der Waals surface area contributed by atoms with Gasteiger partial charge in [-0.2, -0.15) is 0 Å². The minimum Gasteiger partial charge on any atom is -0.459 e. The fraction of sp³-hybridized carbons (Fsp3) is 0.562. The molecule has 6 heteroatoms. The van der Waals surface area contributed by atoms with Crippen molar-refractivity contribution in [2.45, 2.75) is 6.61 Å². The van der Waals surface area contributed by atoms with Crippen LogP contribution in [0.2, 0.25) is 0 Å². The smallest absolute Gasteiger partial charge is 0.332 e. The van der Waals surface area contributed by atoms with Gasteiger partial charge in [0.25, 0.3) is 0 Å². The highest BCUT2D eigenvalue weighted by atomic mass is 16.6. The van der Waals surface area contributed by atoms with Crippen LogP contribution in [0.3, 0.4) is 0 Å². The third kappa shape index (κ3) is 10.3. The standard InChI is InChI=1S/C16H24O6/c1-18-7-8-19-9-10-20-11-12-21-14-16(17)22-13-15-5-3-2-4-6-15/h2-6H,7-14H2,1H3. The molecule has 0 aliphatic carbocycles. The molecule has 1 aromatic carbocycles. The fourth-order valence-corrected chi connectivity index (χ4v) is 1.52. The van der Waals surface area contributed by atoms with Crippen molar-refractivity contribution in [3.63, 3.8) is 0 Å². The average Bonchev–Trinajstić information content (AvgIpc) is 2.55. The van der Waals surface area contributed by atoms with Crippen LogP contribution in [0.25, 0.3) is 0 Å². The van der Waals surface area contributed by atoms with Crippen molar-refractivity contribution in [1.82, 2.24) is 0 Å². The van der Waals surface area contributed by atoms with Gasteiger partial charge in [-0.3, -0.25) is 0 Å². The Hall–Kier alpha value is -1.47. The van der Waals surface area contributed by atoms with Gasteiger partial charge in [0.2, 0.25) is 0 Å². The number of carbonyl (C=O) groups excluding carboxylic acids is 1. The Balaban J connectivity index is 1.87. The Labute approximate surface area is 131 Å². The van der Waals surface area contributed by atoms with E-state index < -0.39 is 0 Å². The molecule has 0 aliphatic rings. The first-order valence-corrected chi connectivity index (χ1v) is 7.24. The minimum absolute atomic E-state index is 0.0689. The fourth-order valence-electron chi connectivity index (χ4n) is 1.52. The van der Waals surface area contributed by atoms with Gasteiger partial charge in [0.05, 0.1) is 39.6 Å². The number of carbonyl (C=O) groups is 1. The predicted octanol–water partition coefficient (Wildman–Crippen LogP) is 1.43. The molecular weight excluding hydrogens is 288 g/mol. The Bertz CT molecular complexity index is 381. The molecule has 1 rings (SSSR count). The van der Waals surface area contributed by atoms with Crippen molar-refractivity contribution in [1.29, 1.82) is 0 Å². The number of esters is 1. The van der Waals surface area contributed by atoms with Crippen LogP contribution < -0.4 is 0 Å². The van der Waals surface area contributed by atoms with E-state index in [1.807, 2.05) is 30.3 Å².